The monoisotopic (exact) mass is 241 g/mol. The molecule has 0 spiro atoms. The fraction of sp³-hybridized carbons (Fsp3) is 0.583. The molecule has 1 fully saturated rings. The summed E-state index contributed by atoms with van der Waals surface area (Å²) in [5.41, 5.74) is 7.32. The van der Waals surface area contributed by atoms with Gasteiger partial charge in [-0.2, -0.15) is 0 Å². The fourth-order valence-corrected chi connectivity index (χ4v) is 2.11. The largest absolute Gasteiger partial charge is 0.397 e. The highest BCUT2D eigenvalue weighted by Gasteiger charge is 2.34. The molecule has 0 saturated carbocycles. The Kier molecular flexibility index (Phi) is 3.17. The van der Waals surface area contributed by atoms with Gasteiger partial charge in [-0.1, -0.05) is 6.92 Å². The van der Waals surface area contributed by atoms with E-state index >= 15 is 0 Å². The molecule has 2 heterocycles. The van der Waals surface area contributed by atoms with Crippen LogP contribution in [0.15, 0.2) is 12.3 Å². The zero-order valence-electron chi connectivity index (χ0n) is 9.92. The summed E-state index contributed by atoms with van der Waals surface area (Å²) < 4.78 is 26.1. The third-order valence-corrected chi connectivity index (χ3v) is 3.14. The molecular formula is C12H17F2N3. The van der Waals surface area contributed by atoms with E-state index in [1.165, 1.54) is 0 Å². The van der Waals surface area contributed by atoms with Crippen molar-refractivity contribution in [3.8, 4) is 0 Å². The number of hydrogen-bond acceptors (Lipinski definition) is 3. The summed E-state index contributed by atoms with van der Waals surface area (Å²) >= 11 is 0. The van der Waals surface area contributed by atoms with Crippen LogP contribution in [-0.4, -0.2) is 24.0 Å². The third-order valence-electron chi connectivity index (χ3n) is 3.14. The molecule has 1 aliphatic heterocycles. The van der Waals surface area contributed by atoms with Gasteiger partial charge in [0.25, 0.3) is 5.92 Å². The molecule has 0 unspecified atom stereocenters. The van der Waals surface area contributed by atoms with E-state index in [4.69, 9.17) is 5.73 Å². The van der Waals surface area contributed by atoms with Crippen molar-refractivity contribution in [2.75, 3.05) is 23.7 Å². The molecule has 0 radical (unpaired) electrons. The molecule has 1 aromatic rings. The summed E-state index contributed by atoms with van der Waals surface area (Å²) in [5.74, 6) is -1.71. The Labute approximate surface area is 99.6 Å². The van der Waals surface area contributed by atoms with Crippen LogP contribution < -0.4 is 10.6 Å². The number of rotatable bonds is 2. The number of nitrogen functional groups attached to an aromatic ring is 1. The molecule has 0 amide bonds. The summed E-state index contributed by atoms with van der Waals surface area (Å²) in [6, 6.07) is 1.87. The molecule has 1 saturated heterocycles. The summed E-state index contributed by atoms with van der Waals surface area (Å²) in [4.78, 5) is 6.20. The van der Waals surface area contributed by atoms with Crippen LogP contribution in [0, 0.1) is 0 Å². The number of pyridine rings is 1. The van der Waals surface area contributed by atoms with Gasteiger partial charge in [0.1, 0.15) is 5.82 Å². The van der Waals surface area contributed by atoms with Crippen LogP contribution in [0.1, 0.15) is 25.3 Å². The number of piperidine rings is 1. The second-order valence-corrected chi connectivity index (χ2v) is 4.45. The smallest absolute Gasteiger partial charge is 0.251 e. The molecule has 0 bridgehead atoms. The molecule has 2 N–H and O–H groups in total. The minimum absolute atomic E-state index is 0.0950. The van der Waals surface area contributed by atoms with E-state index in [2.05, 4.69) is 4.98 Å². The maximum absolute atomic E-state index is 13.1. The van der Waals surface area contributed by atoms with Gasteiger partial charge in [-0.15, -0.1) is 0 Å². The summed E-state index contributed by atoms with van der Waals surface area (Å²) in [5, 5.41) is 0. The lowest BCUT2D eigenvalue weighted by Gasteiger charge is -2.33. The average Bonchev–Trinajstić information content (AvgIpc) is 2.29. The first-order chi connectivity index (χ1) is 8.02. The molecule has 3 nitrogen and oxygen atoms in total. The standard InChI is InChI=1S/C12H17F2N3/c1-2-9-7-10(15)8-16-11(9)17-5-3-12(13,14)4-6-17/h7-8H,2-6,15H2,1H3. The molecule has 0 aromatic carbocycles. The van der Waals surface area contributed by atoms with Crippen LogP contribution in [0.4, 0.5) is 20.3 Å². The van der Waals surface area contributed by atoms with Gasteiger partial charge in [-0.3, -0.25) is 0 Å². The number of nitrogens with zero attached hydrogens (tertiary/aromatic N) is 2. The molecule has 94 valence electrons. The Hall–Kier alpha value is -1.39. The Morgan fingerprint density at radius 1 is 1.41 bits per heavy atom. The molecule has 1 aromatic heterocycles. The number of nitrogens with two attached hydrogens (primary N) is 1. The minimum Gasteiger partial charge on any atom is -0.397 e. The zero-order valence-corrected chi connectivity index (χ0v) is 9.92. The van der Waals surface area contributed by atoms with Crippen molar-refractivity contribution < 1.29 is 8.78 Å². The van der Waals surface area contributed by atoms with Crippen LogP contribution in [-0.2, 0) is 6.42 Å². The van der Waals surface area contributed by atoms with Crippen molar-refractivity contribution >= 4 is 11.5 Å². The fourth-order valence-electron chi connectivity index (χ4n) is 2.11. The molecule has 1 aliphatic rings. The van der Waals surface area contributed by atoms with Crippen LogP contribution in [0.25, 0.3) is 0 Å². The van der Waals surface area contributed by atoms with Crippen LogP contribution in [0.2, 0.25) is 0 Å². The van der Waals surface area contributed by atoms with E-state index in [9.17, 15) is 8.78 Å². The van der Waals surface area contributed by atoms with Gasteiger partial charge in [0.15, 0.2) is 0 Å². The van der Waals surface area contributed by atoms with Crippen molar-refractivity contribution in [3.05, 3.63) is 17.8 Å². The van der Waals surface area contributed by atoms with E-state index in [-0.39, 0.29) is 12.8 Å². The number of anilines is 2. The topological polar surface area (TPSA) is 42.1 Å². The Morgan fingerprint density at radius 3 is 2.65 bits per heavy atom. The number of hydrogen-bond donors (Lipinski definition) is 1. The summed E-state index contributed by atoms with van der Waals surface area (Å²) in [6.07, 6.45) is 2.20. The first kappa shape index (κ1) is 12.1. The highest BCUT2D eigenvalue weighted by molar-refractivity contribution is 5.53. The molecule has 17 heavy (non-hydrogen) atoms. The third kappa shape index (κ3) is 2.65. The van der Waals surface area contributed by atoms with Crippen molar-refractivity contribution in [3.63, 3.8) is 0 Å². The van der Waals surface area contributed by atoms with Gasteiger partial charge < -0.3 is 10.6 Å². The van der Waals surface area contributed by atoms with E-state index < -0.39 is 5.92 Å². The maximum atomic E-state index is 13.1. The molecule has 0 aliphatic carbocycles. The molecule has 0 atom stereocenters. The van der Waals surface area contributed by atoms with Gasteiger partial charge in [0.2, 0.25) is 0 Å². The van der Waals surface area contributed by atoms with Gasteiger partial charge in [-0.05, 0) is 18.1 Å². The first-order valence-corrected chi connectivity index (χ1v) is 5.89. The normalized spacial score (nSPS) is 19.4. The summed E-state index contributed by atoms with van der Waals surface area (Å²) in [7, 11) is 0. The maximum Gasteiger partial charge on any atom is 0.251 e. The predicted octanol–water partition coefficient (Wildman–Crippen LogP) is 2.46. The SMILES string of the molecule is CCc1cc(N)cnc1N1CCC(F)(F)CC1. The Morgan fingerprint density at radius 2 is 2.06 bits per heavy atom. The highest BCUT2D eigenvalue weighted by Crippen LogP contribution is 2.31. The number of aryl methyl sites for hydroxylation is 1. The summed E-state index contributed by atoms with van der Waals surface area (Å²) in [6.45, 7) is 2.73. The van der Waals surface area contributed by atoms with Crippen LogP contribution in [0.3, 0.4) is 0 Å². The first-order valence-electron chi connectivity index (χ1n) is 5.89. The average molecular weight is 241 g/mol. The number of alkyl halides is 2. The highest BCUT2D eigenvalue weighted by atomic mass is 19.3. The number of halogens is 2. The van der Waals surface area contributed by atoms with E-state index in [0.717, 1.165) is 17.8 Å². The molecular weight excluding hydrogens is 224 g/mol. The van der Waals surface area contributed by atoms with Crippen molar-refractivity contribution in [2.24, 2.45) is 0 Å². The van der Waals surface area contributed by atoms with Gasteiger partial charge in [0.05, 0.1) is 11.9 Å². The lowest BCUT2D eigenvalue weighted by atomic mass is 10.1. The Balaban J connectivity index is 2.18. The van der Waals surface area contributed by atoms with Gasteiger partial charge in [-0.25, -0.2) is 13.8 Å². The van der Waals surface area contributed by atoms with Gasteiger partial charge in [0, 0.05) is 25.9 Å². The van der Waals surface area contributed by atoms with Crippen molar-refractivity contribution in [2.45, 2.75) is 32.1 Å². The quantitative estimate of drug-likeness (QED) is 0.864. The van der Waals surface area contributed by atoms with Gasteiger partial charge >= 0.3 is 0 Å². The second kappa shape index (κ2) is 4.47. The molecule has 2 rings (SSSR count). The van der Waals surface area contributed by atoms with E-state index in [1.807, 2.05) is 17.9 Å². The van der Waals surface area contributed by atoms with Crippen LogP contribution in [0.5, 0.6) is 0 Å². The molecule has 5 heteroatoms. The number of aromatic nitrogens is 1. The van der Waals surface area contributed by atoms with Crippen molar-refractivity contribution in [1.82, 2.24) is 4.98 Å². The van der Waals surface area contributed by atoms with E-state index in [0.29, 0.717) is 18.8 Å². The van der Waals surface area contributed by atoms with Crippen molar-refractivity contribution in [1.29, 1.82) is 0 Å². The predicted molar refractivity (Wildman–Crippen MR) is 64.4 cm³/mol. The zero-order chi connectivity index (χ0) is 12.5. The van der Waals surface area contributed by atoms with E-state index in [1.54, 1.807) is 6.20 Å². The minimum atomic E-state index is -2.52. The Bertz CT molecular complexity index is 397. The van der Waals surface area contributed by atoms with Crippen LogP contribution >= 0.6 is 0 Å². The lowest BCUT2D eigenvalue weighted by Crippen LogP contribution is -2.40. The lowest BCUT2D eigenvalue weighted by molar-refractivity contribution is -0.0221. The second-order valence-electron chi connectivity index (χ2n) is 4.45.